The maximum atomic E-state index is 12.1. The lowest BCUT2D eigenvalue weighted by atomic mass is 10.1. The monoisotopic (exact) mass is 298 g/mol. The van der Waals surface area contributed by atoms with Crippen molar-refractivity contribution in [1.29, 1.82) is 0 Å². The van der Waals surface area contributed by atoms with Crippen molar-refractivity contribution in [3.05, 3.63) is 28.8 Å². The molecule has 6 heteroatoms. The van der Waals surface area contributed by atoms with Crippen LogP contribution in [0.25, 0.3) is 0 Å². The smallest absolute Gasteiger partial charge is 0.251 e. The topological polar surface area (TPSA) is 89.3 Å². The maximum absolute atomic E-state index is 12.1. The first-order valence-electron chi connectivity index (χ1n) is 6.59. The van der Waals surface area contributed by atoms with Gasteiger partial charge in [-0.3, -0.25) is 4.79 Å². The van der Waals surface area contributed by atoms with Crippen LogP contribution in [0.5, 0.6) is 0 Å². The van der Waals surface area contributed by atoms with Crippen LogP contribution in [0, 0.1) is 19.8 Å². The molecule has 0 bridgehead atoms. The highest BCUT2D eigenvalue weighted by Gasteiger charge is 2.17. The van der Waals surface area contributed by atoms with Crippen LogP contribution in [0.15, 0.2) is 17.0 Å². The van der Waals surface area contributed by atoms with Gasteiger partial charge in [0.05, 0.1) is 4.90 Å². The summed E-state index contributed by atoms with van der Waals surface area (Å²) in [5.41, 5.74) is 1.62. The Morgan fingerprint density at radius 2 is 1.95 bits per heavy atom. The number of carbonyl (C=O) groups excluding carboxylic acids is 1. The Kier molecular flexibility index (Phi) is 5.30. The predicted molar refractivity (Wildman–Crippen MR) is 79.1 cm³/mol. The summed E-state index contributed by atoms with van der Waals surface area (Å²) in [6, 6.07) is 3.01. The summed E-state index contributed by atoms with van der Waals surface area (Å²) < 4.78 is 23.1. The number of aryl methyl sites for hydroxylation is 1. The molecule has 0 aliphatic heterocycles. The molecule has 0 saturated carbocycles. The van der Waals surface area contributed by atoms with Crippen LogP contribution < -0.4 is 10.5 Å². The van der Waals surface area contributed by atoms with E-state index in [9.17, 15) is 13.2 Å². The first-order chi connectivity index (χ1) is 9.16. The lowest BCUT2D eigenvalue weighted by molar-refractivity contribution is 0.0947. The molecule has 1 rings (SSSR count). The largest absolute Gasteiger partial charge is 0.352 e. The molecule has 0 aliphatic carbocycles. The molecular weight excluding hydrogens is 276 g/mol. The standard InChI is InChI=1S/C14H22N2O3S/c1-5-9(2)8-16-14(17)12-6-10(3)11(4)13(7-12)20(15,18)19/h6-7,9H,5,8H2,1-4H3,(H,16,17)(H2,15,18,19). The molecule has 20 heavy (non-hydrogen) atoms. The molecular formula is C14H22N2O3S. The minimum absolute atomic E-state index is 0.00573. The molecule has 0 aromatic heterocycles. The van der Waals surface area contributed by atoms with E-state index in [1.165, 1.54) is 6.07 Å². The first-order valence-corrected chi connectivity index (χ1v) is 8.13. The van der Waals surface area contributed by atoms with Crippen LogP contribution in [0.1, 0.15) is 41.8 Å². The number of benzene rings is 1. The van der Waals surface area contributed by atoms with Crippen molar-refractivity contribution < 1.29 is 13.2 Å². The van der Waals surface area contributed by atoms with Crippen molar-refractivity contribution >= 4 is 15.9 Å². The van der Waals surface area contributed by atoms with E-state index in [2.05, 4.69) is 5.32 Å². The minimum Gasteiger partial charge on any atom is -0.352 e. The Morgan fingerprint density at radius 3 is 2.45 bits per heavy atom. The van der Waals surface area contributed by atoms with E-state index >= 15 is 0 Å². The SMILES string of the molecule is CCC(C)CNC(=O)c1cc(C)c(C)c(S(N)(=O)=O)c1. The van der Waals surface area contributed by atoms with E-state index in [0.29, 0.717) is 23.6 Å². The van der Waals surface area contributed by atoms with E-state index < -0.39 is 10.0 Å². The second-order valence-corrected chi connectivity index (χ2v) is 6.71. The summed E-state index contributed by atoms with van der Waals surface area (Å²) >= 11 is 0. The lowest BCUT2D eigenvalue weighted by Crippen LogP contribution is -2.28. The Bertz CT molecular complexity index is 609. The molecule has 0 aliphatic rings. The van der Waals surface area contributed by atoms with Crippen LogP contribution >= 0.6 is 0 Å². The summed E-state index contributed by atoms with van der Waals surface area (Å²) in [5.74, 6) is 0.0986. The van der Waals surface area contributed by atoms with Gasteiger partial charge in [-0.25, -0.2) is 13.6 Å². The van der Waals surface area contributed by atoms with Crippen LogP contribution in [0.4, 0.5) is 0 Å². The Balaban J connectivity index is 3.09. The van der Waals surface area contributed by atoms with Crippen molar-refractivity contribution in [2.75, 3.05) is 6.54 Å². The third-order valence-electron chi connectivity index (χ3n) is 3.50. The average molecular weight is 298 g/mol. The van der Waals surface area contributed by atoms with Crippen molar-refractivity contribution in [3.8, 4) is 0 Å². The van der Waals surface area contributed by atoms with Crippen LogP contribution in [0.2, 0.25) is 0 Å². The highest BCUT2D eigenvalue weighted by atomic mass is 32.2. The number of amides is 1. The summed E-state index contributed by atoms with van der Waals surface area (Å²) in [6.45, 7) is 8.08. The van der Waals surface area contributed by atoms with Crippen molar-refractivity contribution in [2.24, 2.45) is 11.1 Å². The molecule has 1 aromatic carbocycles. The van der Waals surface area contributed by atoms with Crippen molar-refractivity contribution in [3.63, 3.8) is 0 Å². The number of sulfonamides is 1. The average Bonchev–Trinajstić information content (AvgIpc) is 2.36. The van der Waals surface area contributed by atoms with E-state index in [0.717, 1.165) is 12.0 Å². The number of rotatable bonds is 5. The van der Waals surface area contributed by atoms with Gasteiger partial charge in [-0.05, 0) is 43.0 Å². The van der Waals surface area contributed by atoms with Crippen LogP contribution in [-0.4, -0.2) is 20.9 Å². The number of nitrogens with two attached hydrogens (primary N) is 1. The Labute approximate surface area is 120 Å². The van der Waals surface area contributed by atoms with Gasteiger partial charge in [0.2, 0.25) is 10.0 Å². The van der Waals surface area contributed by atoms with Gasteiger partial charge in [-0.1, -0.05) is 20.3 Å². The lowest BCUT2D eigenvalue weighted by Gasteiger charge is -2.13. The number of hydrogen-bond acceptors (Lipinski definition) is 3. The first kappa shape index (κ1) is 16.7. The summed E-state index contributed by atoms with van der Waals surface area (Å²) in [5, 5.41) is 7.98. The predicted octanol–water partition coefficient (Wildman–Crippen LogP) is 1.73. The second-order valence-electron chi connectivity index (χ2n) is 5.18. The zero-order chi connectivity index (χ0) is 15.5. The Hall–Kier alpha value is -1.40. The fraction of sp³-hybridized carbons (Fsp3) is 0.500. The van der Waals surface area contributed by atoms with E-state index in [1.807, 2.05) is 13.8 Å². The van der Waals surface area contributed by atoms with Gasteiger partial charge >= 0.3 is 0 Å². The minimum atomic E-state index is -3.83. The molecule has 1 amide bonds. The van der Waals surface area contributed by atoms with Gasteiger partial charge in [-0.15, -0.1) is 0 Å². The van der Waals surface area contributed by atoms with Crippen molar-refractivity contribution in [2.45, 2.75) is 39.0 Å². The van der Waals surface area contributed by atoms with Gasteiger partial charge in [0.1, 0.15) is 0 Å². The third kappa shape index (κ3) is 4.05. The van der Waals surface area contributed by atoms with Gasteiger partial charge in [0.25, 0.3) is 5.91 Å². The molecule has 0 spiro atoms. The normalized spacial score (nSPS) is 13.1. The zero-order valence-corrected chi connectivity index (χ0v) is 13.2. The molecule has 112 valence electrons. The highest BCUT2D eigenvalue weighted by molar-refractivity contribution is 7.89. The molecule has 5 nitrogen and oxygen atoms in total. The fourth-order valence-corrected chi connectivity index (χ4v) is 2.65. The maximum Gasteiger partial charge on any atom is 0.251 e. The summed E-state index contributed by atoms with van der Waals surface area (Å²) in [4.78, 5) is 12.1. The molecule has 0 radical (unpaired) electrons. The van der Waals surface area contributed by atoms with Gasteiger partial charge in [0.15, 0.2) is 0 Å². The zero-order valence-electron chi connectivity index (χ0n) is 12.4. The van der Waals surface area contributed by atoms with E-state index in [-0.39, 0.29) is 10.8 Å². The number of carbonyl (C=O) groups is 1. The van der Waals surface area contributed by atoms with Crippen LogP contribution in [-0.2, 0) is 10.0 Å². The van der Waals surface area contributed by atoms with E-state index in [4.69, 9.17) is 5.14 Å². The van der Waals surface area contributed by atoms with Gasteiger partial charge in [0, 0.05) is 12.1 Å². The van der Waals surface area contributed by atoms with Gasteiger partial charge < -0.3 is 5.32 Å². The molecule has 0 heterocycles. The number of hydrogen-bond donors (Lipinski definition) is 2. The summed E-state index contributed by atoms with van der Waals surface area (Å²) in [7, 11) is -3.83. The second kappa shape index (κ2) is 6.37. The number of primary sulfonamides is 1. The molecule has 1 atom stereocenters. The fourth-order valence-electron chi connectivity index (χ4n) is 1.77. The van der Waals surface area contributed by atoms with Crippen LogP contribution in [0.3, 0.4) is 0 Å². The van der Waals surface area contributed by atoms with Gasteiger partial charge in [-0.2, -0.15) is 0 Å². The summed E-state index contributed by atoms with van der Waals surface area (Å²) in [6.07, 6.45) is 0.968. The highest BCUT2D eigenvalue weighted by Crippen LogP contribution is 2.20. The van der Waals surface area contributed by atoms with Crippen molar-refractivity contribution in [1.82, 2.24) is 5.32 Å². The molecule has 1 unspecified atom stereocenters. The molecule has 3 N–H and O–H groups in total. The molecule has 1 aromatic rings. The quantitative estimate of drug-likeness (QED) is 0.867. The van der Waals surface area contributed by atoms with E-state index in [1.54, 1.807) is 19.9 Å². The molecule has 0 fully saturated rings. The molecule has 0 saturated heterocycles. The Morgan fingerprint density at radius 1 is 1.35 bits per heavy atom. The number of nitrogens with one attached hydrogen (secondary N) is 1. The third-order valence-corrected chi connectivity index (χ3v) is 4.53.